The SMILES string of the molecule is CC(C)(C)c1ccnc(-n2c3ccccc3c3ccc(-c4nc(-c5cccc(N6CN(c7c(-c8ccccc8)cccc7-c7ccccc7)c7ccccc76)c5)nc(-c5c(C(C)(C)C)cc(C(C)(C)C)cc5C(C)(C)C)n4)cc32)c1. The molecule has 7 heteroatoms. The Kier molecular flexibility index (Phi) is 12.7. The van der Waals surface area contributed by atoms with E-state index in [1.54, 1.807) is 0 Å². The van der Waals surface area contributed by atoms with Crippen LogP contribution >= 0.6 is 0 Å². The van der Waals surface area contributed by atoms with Crippen LogP contribution in [0.15, 0.2) is 200 Å². The zero-order valence-electron chi connectivity index (χ0n) is 48.4. The second kappa shape index (κ2) is 19.6. The fourth-order valence-electron chi connectivity index (χ4n) is 11.6. The van der Waals surface area contributed by atoms with E-state index in [2.05, 4.69) is 292 Å². The number of anilines is 4. The van der Waals surface area contributed by atoms with Crippen LogP contribution in [0.2, 0.25) is 0 Å². The number of aromatic nitrogens is 5. The molecule has 1 aliphatic rings. The third kappa shape index (κ3) is 9.52. The highest BCUT2D eigenvalue weighted by Crippen LogP contribution is 2.51. The van der Waals surface area contributed by atoms with E-state index in [-0.39, 0.29) is 21.7 Å². The minimum absolute atomic E-state index is 0.0588. The minimum Gasteiger partial charge on any atom is -0.321 e. The summed E-state index contributed by atoms with van der Waals surface area (Å²) in [5.41, 5.74) is 18.5. The molecule has 1 aliphatic heterocycles. The van der Waals surface area contributed by atoms with E-state index >= 15 is 0 Å². The molecule has 0 N–H and O–H groups in total. The van der Waals surface area contributed by atoms with Crippen molar-refractivity contribution in [2.24, 2.45) is 0 Å². The number of nitrogens with zero attached hydrogens (tertiary/aromatic N) is 7. The summed E-state index contributed by atoms with van der Waals surface area (Å²) in [5.74, 6) is 2.75. The van der Waals surface area contributed by atoms with Gasteiger partial charge in [-0.15, -0.1) is 0 Å². The molecule has 0 aliphatic carbocycles. The molecule has 0 amide bonds. The van der Waals surface area contributed by atoms with Crippen molar-refractivity contribution in [2.75, 3.05) is 16.5 Å². The standard InChI is InChI=1S/C73H71N7/c1-70(2,3)51-39-40-74-64(45-51)80-60-34-20-19-31-56(60)57-38-37-50(42-63(57)80)68-75-67(76-69(77-68)65-58(72(7,8)9)43-52(71(4,5)6)44-59(65)73(10,11)12)49-29-23-30-53(41-49)78-46-79(62-36-22-21-35-61(62)78)66-54(47-25-15-13-16-26-47)32-24-33-55(66)48-27-17-14-18-28-48/h13-45H,46H2,1-12H3. The molecule has 398 valence electrons. The van der Waals surface area contributed by atoms with Gasteiger partial charge in [-0.25, -0.2) is 19.9 Å². The number of para-hydroxylation sites is 4. The van der Waals surface area contributed by atoms with Gasteiger partial charge < -0.3 is 9.80 Å². The molecular formula is C73H71N7. The summed E-state index contributed by atoms with van der Waals surface area (Å²) in [7, 11) is 0. The van der Waals surface area contributed by atoms with Gasteiger partial charge in [0.1, 0.15) is 12.5 Å². The van der Waals surface area contributed by atoms with Crippen LogP contribution in [-0.2, 0) is 21.7 Å². The zero-order valence-corrected chi connectivity index (χ0v) is 48.4. The molecule has 0 saturated heterocycles. The molecule has 0 spiro atoms. The van der Waals surface area contributed by atoms with Crippen molar-refractivity contribution in [1.82, 2.24) is 24.5 Å². The predicted octanol–water partition coefficient (Wildman–Crippen LogP) is 19.1. The molecule has 0 fully saturated rings. The largest absolute Gasteiger partial charge is 0.321 e. The number of fused-ring (bicyclic) bond motifs is 4. The van der Waals surface area contributed by atoms with E-state index in [1.807, 2.05) is 6.20 Å². The maximum Gasteiger partial charge on any atom is 0.164 e. The van der Waals surface area contributed by atoms with E-state index in [0.29, 0.717) is 24.1 Å². The van der Waals surface area contributed by atoms with Crippen molar-refractivity contribution < 1.29 is 0 Å². The second-order valence-corrected chi connectivity index (χ2v) is 25.7. The quantitative estimate of drug-likeness (QED) is 0.151. The third-order valence-electron chi connectivity index (χ3n) is 15.9. The highest BCUT2D eigenvalue weighted by atomic mass is 15.4. The Morgan fingerprint density at radius 1 is 0.375 bits per heavy atom. The Bertz CT molecular complexity index is 4050. The first-order chi connectivity index (χ1) is 38.2. The molecule has 12 rings (SSSR count). The highest BCUT2D eigenvalue weighted by molar-refractivity contribution is 6.10. The summed E-state index contributed by atoms with van der Waals surface area (Å²) in [4.78, 5) is 26.7. The average Bonchev–Trinajstić information content (AvgIpc) is 4.16. The van der Waals surface area contributed by atoms with Crippen LogP contribution in [0.25, 0.3) is 84.0 Å². The monoisotopic (exact) mass is 1050 g/mol. The zero-order chi connectivity index (χ0) is 55.9. The fraction of sp³-hybridized carbons (Fsp3) is 0.233. The van der Waals surface area contributed by atoms with Crippen molar-refractivity contribution in [3.05, 3.63) is 223 Å². The molecule has 0 radical (unpaired) electrons. The average molecular weight is 1050 g/mol. The van der Waals surface area contributed by atoms with Crippen molar-refractivity contribution in [2.45, 2.75) is 105 Å². The first kappa shape index (κ1) is 52.0. The molecule has 0 bridgehead atoms. The summed E-state index contributed by atoms with van der Waals surface area (Å²) >= 11 is 0. The Labute approximate surface area is 472 Å². The lowest BCUT2D eigenvalue weighted by atomic mass is 9.72. The normalized spacial score (nSPS) is 13.2. The predicted molar refractivity (Wildman–Crippen MR) is 336 cm³/mol. The number of pyridine rings is 1. The van der Waals surface area contributed by atoms with E-state index < -0.39 is 0 Å². The number of rotatable bonds is 8. The molecule has 7 nitrogen and oxygen atoms in total. The minimum atomic E-state index is -0.244. The Morgan fingerprint density at radius 2 is 0.887 bits per heavy atom. The lowest BCUT2D eigenvalue weighted by molar-refractivity contribution is 0.550. The Morgan fingerprint density at radius 3 is 1.49 bits per heavy atom. The molecule has 0 atom stereocenters. The lowest BCUT2D eigenvalue weighted by Crippen LogP contribution is -2.25. The lowest BCUT2D eigenvalue weighted by Gasteiger charge is -2.33. The first-order valence-electron chi connectivity index (χ1n) is 28.2. The van der Waals surface area contributed by atoms with Gasteiger partial charge in [0, 0.05) is 50.5 Å². The summed E-state index contributed by atoms with van der Waals surface area (Å²) < 4.78 is 2.30. The van der Waals surface area contributed by atoms with Crippen LogP contribution in [0.3, 0.4) is 0 Å². The summed E-state index contributed by atoms with van der Waals surface area (Å²) in [6, 6.07) is 70.2. The molecule has 8 aromatic carbocycles. The van der Waals surface area contributed by atoms with Crippen LogP contribution < -0.4 is 9.80 Å². The van der Waals surface area contributed by atoms with Gasteiger partial charge in [-0.3, -0.25) is 4.57 Å². The summed E-state index contributed by atoms with van der Waals surface area (Å²) in [6.45, 7) is 28.1. The van der Waals surface area contributed by atoms with Crippen LogP contribution in [0.1, 0.15) is 105 Å². The Hall–Kier alpha value is -8.68. The highest BCUT2D eigenvalue weighted by Gasteiger charge is 2.34. The van der Waals surface area contributed by atoms with Gasteiger partial charge in [0.15, 0.2) is 17.5 Å². The summed E-state index contributed by atoms with van der Waals surface area (Å²) in [6.07, 6.45) is 1.94. The van der Waals surface area contributed by atoms with Crippen molar-refractivity contribution >= 4 is 44.6 Å². The third-order valence-corrected chi connectivity index (χ3v) is 15.9. The van der Waals surface area contributed by atoms with Gasteiger partial charge in [0.05, 0.1) is 28.1 Å². The molecule has 0 unspecified atom stereocenters. The van der Waals surface area contributed by atoms with E-state index in [1.165, 1.54) is 50.2 Å². The maximum atomic E-state index is 5.63. The number of hydrogen-bond acceptors (Lipinski definition) is 6. The van der Waals surface area contributed by atoms with Crippen molar-refractivity contribution in [3.63, 3.8) is 0 Å². The van der Waals surface area contributed by atoms with Gasteiger partial charge in [0.25, 0.3) is 0 Å². The number of benzene rings is 8. The van der Waals surface area contributed by atoms with Gasteiger partial charge in [-0.1, -0.05) is 229 Å². The molecule has 4 heterocycles. The molecule has 0 saturated carbocycles. The van der Waals surface area contributed by atoms with Crippen LogP contribution in [-0.4, -0.2) is 31.2 Å². The first-order valence-corrected chi connectivity index (χ1v) is 28.2. The fourth-order valence-corrected chi connectivity index (χ4v) is 11.6. The van der Waals surface area contributed by atoms with Gasteiger partial charge >= 0.3 is 0 Å². The van der Waals surface area contributed by atoms with Crippen molar-refractivity contribution in [3.8, 4) is 62.2 Å². The summed E-state index contributed by atoms with van der Waals surface area (Å²) in [5, 5.41) is 2.30. The van der Waals surface area contributed by atoms with E-state index in [9.17, 15) is 0 Å². The van der Waals surface area contributed by atoms with Gasteiger partial charge in [-0.05, 0) is 104 Å². The molecule has 11 aromatic rings. The van der Waals surface area contributed by atoms with E-state index in [4.69, 9.17) is 19.9 Å². The molecule has 3 aromatic heterocycles. The topological polar surface area (TPSA) is 63.0 Å². The Balaban J connectivity index is 1.06. The number of hydrogen-bond donors (Lipinski definition) is 0. The van der Waals surface area contributed by atoms with Crippen molar-refractivity contribution in [1.29, 1.82) is 0 Å². The smallest absolute Gasteiger partial charge is 0.164 e. The van der Waals surface area contributed by atoms with E-state index in [0.717, 1.165) is 61.4 Å². The van der Waals surface area contributed by atoms with Gasteiger partial charge in [-0.2, -0.15) is 0 Å². The maximum absolute atomic E-state index is 5.63. The second-order valence-electron chi connectivity index (χ2n) is 25.7. The van der Waals surface area contributed by atoms with Crippen LogP contribution in [0, 0.1) is 0 Å². The van der Waals surface area contributed by atoms with Gasteiger partial charge in [0.2, 0.25) is 0 Å². The molecular weight excluding hydrogens is 975 g/mol. The van der Waals surface area contributed by atoms with Crippen LogP contribution in [0.5, 0.6) is 0 Å². The molecule has 80 heavy (non-hydrogen) atoms. The van der Waals surface area contributed by atoms with Crippen LogP contribution in [0.4, 0.5) is 22.7 Å².